The zero-order chi connectivity index (χ0) is 18.5. The Morgan fingerprint density at radius 1 is 1.19 bits per heavy atom. The molecule has 1 heterocycles. The van der Waals surface area contributed by atoms with Crippen LogP contribution in [0, 0.1) is 5.92 Å². The molecule has 1 aliphatic heterocycles. The molecule has 0 aromatic heterocycles. The summed E-state index contributed by atoms with van der Waals surface area (Å²) in [5.41, 5.74) is 5.64. The number of hydrogen-bond acceptors (Lipinski definition) is 2. The molecule has 1 fully saturated rings. The minimum Gasteiger partial charge on any atom is -0.380 e. The fourth-order valence-electron chi connectivity index (χ4n) is 4.57. The second-order valence-corrected chi connectivity index (χ2v) is 8.45. The van der Waals surface area contributed by atoms with Crippen molar-refractivity contribution in [3.63, 3.8) is 0 Å². The van der Waals surface area contributed by atoms with Gasteiger partial charge in [-0.1, -0.05) is 32.0 Å². The number of rotatable bonds is 3. The van der Waals surface area contributed by atoms with E-state index >= 15 is 0 Å². The molecule has 2 aromatic carbocycles. The zero-order valence-corrected chi connectivity index (χ0v) is 16.1. The Balaban J connectivity index is 1.66. The van der Waals surface area contributed by atoms with Gasteiger partial charge in [-0.05, 0) is 74.4 Å². The number of carbonyl (C=O) groups is 1. The lowest BCUT2D eigenvalue weighted by molar-refractivity contribution is 0.102. The van der Waals surface area contributed by atoms with Crippen LogP contribution in [0.4, 0.5) is 11.4 Å². The summed E-state index contributed by atoms with van der Waals surface area (Å²) in [5, 5.41) is 6.78. The lowest BCUT2D eigenvalue weighted by atomic mass is 9.69. The maximum Gasteiger partial charge on any atom is 0.255 e. The molecule has 0 bridgehead atoms. The van der Waals surface area contributed by atoms with E-state index in [1.807, 2.05) is 24.3 Å². The summed E-state index contributed by atoms with van der Waals surface area (Å²) in [5.74, 6) is 0.517. The van der Waals surface area contributed by atoms with Crippen molar-refractivity contribution in [3.8, 4) is 0 Å². The third kappa shape index (κ3) is 2.61. The fourth-order valence-corrected chi connectivity index (χ4v) is 4.57. The lowest BCUT2D eigenvalue weighted by Gasteiger charge is -2.45. The van der Waals surface area contributed by atoms with Crippen LogP contribution in [0.1, 0.15) is 62.0 Å². The normalized spacial score (nSPS) is 21.6. The highest BCUT2D eigenvalue weighted by Crippen LogP contribution is 2.61. The predicted molar refractivity (Wildman–Crippen MR) is 108 cm³/mol. The summed E-state index contributed by atoms with van der Waals surface area (Å²) < 4.78 is 0. The molecule has 0 unspecified atom stereocenters. The standard InChI is InChI=1S/C23H28N2O/c1-5-16-8-6-7-9-19(16)24-21(26)17-10-11-20-18(14-17)23(12-13-23)15(2)22(3,4)25-20/h6-11,14-15,25H,5,12-13H2,1-4H3,(H,24,26)/t15-/m1/s1. The minimum atomic E-state index is -0.0259. The highest BCUT2D eigenvalue weighted by Gasteiger charge is 2.57. The van der Waals surface area contributed by atoms with Gasteiger partial charge in [-0.25, -0.2) is 0 Å². The van der Waals surface area contributed by atoms with Crippen LogP contribution >= 0.6 is 0 Å². The molecule has 1 saturated carbocycles. The summed E-state index contributed by atoms with van der Waals surface area (Å²) in [6.07, 6.45) is 3.34. The van der Waals surface area contributed by atoms with Crippen LogP contribution in [-0.4, -0.2) is 11.4 Å². The molecule has 0 radical (unpaired) electrons. The fraction of sp³-hybridized carbons (Fsp3) is 0.435. The zero-order valence-electron chi connectivity index (χ0n) is 16.1. The smallest absolute Gasteiger partial charge is 0.255 e. The maximum atomic E-state index is 12.9. The van der Waals surface area contributed by atoms with Gasteiger partial charge in [-0.2, -0.15) is 0 Å². The number of carbonyl (C=O) groups excluding carboxylic acids is 1. The molecule has 136 valence electrons. The predicted octanol–water partition coefficient (Wildman–Crippen LogP) is 5.37. The third-order valence-corrected chi connectivity index (χ3v) is 6.62. The summed E-state index contributed by atoms with van der Waals surface area (Å²) in [6, 6.07) is 14.2. The van der Waals surface area contributed by atoms with Gasteiger partial charge in [0.15, 0.2) is 0 Å². The number of aryl methyl sites for hydroxylation is 1. The molecule has 26 heavy (non-hydrogen) atoms. The summed E-state index contributed by atoms with van der Waals surface area (Å²) in [6.45, 7) is 9.01. The van der Waals surface area contributed by atoms with E-state index in [-0.39, 0.29) is 16.9 Å². The van der Waals surface area contributed by atoms with E-state index in [0.29, 0.717) is 5.92 Å². The van der Waals surface area contributed by atoms with Crippen molar-refractivity contribution < 1.29 is 4.79 Å². The first-order chi connectivity index (χ1) is 12.4. The van der Waals surface area contributed by atoms with Gasteiger partial charge in [-0.3, -0.25) is 4.79 Å². The highest BCUT2D eigenvalue weighted by molar-refractivity contribution is 6.05. The van der Waals surface area contributed by atoms with Crippen LogP contribution in [0.15, 0.2) is 42.5 Å². The van der Waals surface area contributed by atoms with Crippen LogP contribution in [0.25, 0.3) is 0 Å². The number of nitrogens with one attached hydrogen (secondary N) is 2. The maximum absolute atomic E-state index is 12.9. The van der Waals surface area contributed by atoms with Crippen LogP contribution < -0.4 is 10.6 Å². The second kappa shape index (κ2) is 5.87. The number of anilines is 2. The van der Waals surface area contributed by atoms with Gasteiger partial charge in [0.05, 0.1) is 0 Å². The molecule has 2 aliphatic rings. The Kier molecular flexibility index (Phi) is 3.87. The average molecular weight is 348 g/mol. The molecule has 2 aromatic rings. The first-order valence-corrected chi connectivity index (χ1v) is 9.69. The molecule has 3 heteroatoms. The average Bonchev–Trinajstić information content (AvgIpc) is 3.42. The van der Waals surface area contributed by atoms with Crippen molar-refractivity contribution >= 4 is 17.3 Å². The number of benzene rings is 2. The van der Waals surface area contributed by atoms with E-state index in [4.69, 9.17) is 0 Å². The monoisotopic (exact) mass is 348 g/mol. The summed E-state index contributed by atoms with van der Waals surface area (Å²) in [4.78, 5) is 12.9. The molecule has 1 spiro atoms. The van der Waals surface area contributed by atoms with Crippen molar-refractivity contribution in [2.24, 2.45) is 5.92 Å². The van der Waals surface area contributed by atoms with E-state index in [9.17, 15) is 4.79 Å². The summed E-state index contributed by atoms with van der Waals surface area (Å²) in [7, 11) is 0. The van der Waals surface area contributed by atoms with Gasteiger partial charge < -0.3 is 10.6 Å². The van der Waals surface area contributed by atoms with E-state index in [1.165, 1.54) is 24.1 Å². The highest BCUT2D eigenvalue weighted by atomic mass is 16.1. The number of para-hydroxylation sites is 1. The van der Waals surface area contributed by atoms with Crippen LogP contribution in [0.5, 0.6) is 0 Å². The number of fused-ring (bicyclic) bond motifs is 2. The van der Waals surface area contributed by atoms with Gasteiger partial charge >= 0.3 is 0 Å². The van der Waals surface area contributed by atoms with Crippen molar-refractivity contribution in [2.45, 2.75) is 57.9 Å². The van der Waals surface area contributed by atoms with Crippen molar-refractivity contribution in [3.05, 3.63) is 59.2 Å². The molecule has 1 aliphatic carbocycles. The molecular formula is C23H28N2O. The largest absolute Gasteiger partial charge is 0.380 e. The van der Waals surface area contributed by atoms with Gasteiger partial charge in [0.1, 0.15) is 0 Å². The molecule has 0 saturated heterocycles. The topological polar surface area (TPSA) is 41.1 Å². The van der Waals surface area contributed by atoms with Gasteiger partial charge in [0.2, 0.25) is 0 Å². The van der Waals surface area contributed by atoms with E-state index in [1.54, 1.807) is 0 Å². The minimum absolute atomic E-state index is 0.0259. The van der Waals surface area contributed by atoms with E-state index in [2.05, 4.69) is 56.5 Å². The Bertz CT molecular complexity index is 864. The first-order valence-electron chi connectivity index (χ1n) is 9.69. The van der Waals surface area contributed by atoms with Crippen molar-refractivity contribution in [2.75, 3.05) is 10.6 Å². The van der Waals surface area contributed by atoms with Gasteiger partial charge in [-0.15, -0.1) is 0 Å². The molecular weight excluding hydrogens is 320 g/mol. The van der Waals surface area contributed by atoms with Gasteiger partial charge in [0, 0.05) is 27.9 Å². The number of hydrogen-bond donors (Lipinski definition) is 2. The van der Waals surface area contributed by atoms with E-state index < -0.39 is 0 Å². The Labute approximate surface area is 156 Å². The quantitative estimate of drug-likeness (QED) is 0.782. The molecule has 2 N–H and O–H groups in total. The molecule has 3 nitrogen and oxygen atoms in total. The summed E-state index contributed by atoms with van der Waals surface area (Å²) >= 11 is 0. The van der Waals surface area contributed by atoms with Crippen LogP contribution in [-0.2, 0) is 11.8 Å². The third-order valence-electron chi connectivity index (χ3n) is 6.62. The Hall–Kier alpha value is -2.29. The lowest BCUT2D eigenvalue weighted by Crippen LogP contribution is -2.48. The Morgan fingerprint density at radius 3 is 2.62 bits per heavy atom. The first kappa shape index (κ1) is 17.1. The van der Waals surface area contributed by atoms with Gasteiger partial charge in [0.25, 0.3) is 5.91 Å². The van der Waals surface area contributed by atoms with Crippen molar-refractivity contribution in [1.29, 1.82) is 0 Å². The van der Waals surface area contributed by atoms with Crippen LogP contribution in [0.3, 0.4) is 0 Å². The molecule has 1 amide bonds. The molecule has 4 rings (SSSR count). The van der Waals surface area contributed by atoms with Crippen molar-refractivity contribution in [1.82, 2.24) is 0 Å². The Morgan fingerprint density at radius 2 is 1.92 bits per heavy atom. The SMILES string of the molecule is CCc1ccccc1NC(=O)c1ccc2c(c1)C1(CC1)[C@H](C)C(C)(C)N2. The molecule has 1 atom stereocenters. The van der Waals surface area contributed by atoms with E-state index in [0.717, 1.165) is 23.2 Å². The second-order valence-electron chi connectivity index (χ2n) is 8.45. The van der Waals surface area contributed by atoms with Crippen LogP contribution in [0.2, 0.25) is 0 Å². The number of amides is 1.